The number of amides is 2. The Hall–Kier alpha value is -3.42. The number of H-pyrrole nitrogens is 1. The van der Waals surface area contributed by atoms with E-state index >= 15 is 0 Å². The largest absolute Gasteiger partial charge is 0.340 e. The summed E-state index contributed by atoms with van der Waals surface area (Å²) in [6.45, 7) is 0.610. The van der Waals surface area contributed by atoms with Crippen LogP contribution in [0, 0.1) is 0 Å². The van der Waals surface area contributed by atoms with Crippen LogP contribution in [0.2, 0.25) is 0 Å². The number of benzene rings is 1. The van der Waals surface area contributed by atoms with Crippen LogP contribution in [-0.4, -0.2) is 38.9 Å². The quantitative estimate of drug-likeness (QED) is 0.710. The van der Waals surface area contributed by atoms with Crippen molar-refractivity contribution in [1.29, 1.82) is 0 Å². The molecule has 2 N–H and O–H groups in total. The van der Waals surface area contributed by atoms with E-state index < -0.39 is 6.04 Å². The van der Waals surface area contributed by atoms with Crippen molar-refractivity contribution in [3.63, 3.8) is 0 Å². The number of fused-ring (bicyclic) bond motifs is 1. The first-order valence-corrected chi connectivity index (χ1v) is 9.88. The van der Waals surface area contributed by atoms with Crippen LogP contribution in [-0.2, 0) is 4.79 Å². The number of aromatic amines is 1. The molecule has 0 spiro atoms. The molecule has 3 heterocycles. The summed E-state index contributed by atoms with van der Waals surface area (Å²) in [4.78, 5) is 46.4. The second-order valence-electron chi connectivity index (χ2n) is 7.63. The number of rotatable bonds is 4. The molecular formula is C21H21N5O3. The van der Waals surface area contributed by atoms with Gasteiger partial charge in [-0.2, -0.15) is 0 Å². The van der Waals surface area contributed by atoms with E-state index in [4.69, 9.17) is 0 Å². The second kappa shape index (κ2) is 6.88. The highest BCUT2D eigenvalue weighted by Gasteiger charge is 2.31. The molecule has 1 saturated carbocycles. The fourth-order valence-corrected chi connectivity index (χ4v) is 3.99. The third-order valence-electron chi connectivity index (χ3n) is 5.59. The first kappa shape index (κ1) is 17.7. The highest BCUT2D eigenvalue weighted by molar-refractivity contribution is 6.03. The molecule has 3 aromatic rings. The summed E-state index contributed by atoms with van der Waals surface area (Å²) in [5.41, 5.74) is 2.46. The number of carbonyl (C=O) groups is 2. The molecule has 0 radical (unpaired) electrons. The van der Waals surface area contributed by atoms with Gasteiger partial charge in [0.1, 0.15) is 6.04 Å². The Balaban J connectivity index is 1.35. The molecule has 2 fully saturated rings. The monoisotopic (exact) mass is 391 g/mol. The van der Waals surface area contributed by atoms with Gasteiger partial charge in [-0.25, -0.2) is 4.79 Å². The van der Waals surface area contributed by atoms with Crippen molar-refractivity contribution in [2.75, 3.05) is 11.4 Å². The number of nitrogens with one attached hydrogen (secondary N) is 2. The second-order valence-corrected chi connectivity index (χ2v) is 7.63. The van der Waals surface area contributed by atoms with E-state index in [1.807, 2.05) is 6.07 Å². The Labute approximate surface area is 166 Å². The molecule has 29 heavy (non-hydrogen) atoms. The van der Waals surface area contributed by atoms with E-state index in [0.717, 1.165) is 30.5 Å². The van der Waals surface area contributed by atoms with Crippen molar-refractivity contribution in [2.45, 2.75) is 37.8 Å². The maximum atomic E-state index is 12.9. The van der Waals surface area contributed by atoms with Crippen molar-refractivity contribution in [2.24, 2.45) is 0 Å². The number of hydrogen-bond donors (Lipinski definition) is 2. The van der Waals surface area contributed by atoms with Gasteiger partial charge in [0.05, 0.1) is 22.9 Å². The Morgan fingerprint density at radius 3 is 2.79 bits per heavy atom. The van der Waals surface area contributed by atoms with E-state index in [1.54, 1.807) is 46.1 Å². The lowest BCUT2D eigenvalue weighted by atomic mass is 10.0. The molecule has 1 atom stereocenters. The van der Waals surface area contributed by atoms with Crippen LogP contribution in [0.1, 0.15) is 42.1 Å². The third-order valence-corrected chi connectivity index (χ3v) is 5.59. The minimum absolute atomic E-state index is 0.132. The Morgan fingerprint density at radius 1 is 1.17 bits per heavy atom. The number of pyridine rings is 1. The molecular weight excluding hydrogens is 370 g/mol. The van der Waals surface area contributed by atoms with Crippen LogP contribution >= 0.6 is 0 Å². The Morgan fingerprint density at radius 2 is 2.03 bits per heavy atom. The minimum atomic E-state index is -0.581. The van der Waals surface area contributed by atoms with Gasteiger partial charge >= 0.3 is 5.69 Å². The number of anilines is 1. The molecule has 8 nitrogen and oxygen atoms in total. The summed E-state index contributed by atoms with van der Waals surface area (Å²) in [6, 6.07) is 8.48. The average Bonchev–Trinajstić information content (AvgIpc) is 3.51. The van der Waals surface area contributed by atoms with E-state index in [2.05, 4.69) is 15.3 Å². The van der Waals surface area contributed by atoms with Crippen LogP contribution in [0.4, 0.5) is 5.69 Å². The normalized spacial score (nSPS) is 19.5. The molecule has 5 rings (SSSR count). The highest BCUT2D eigenvalue weighted by atomic mass is 16.2. The fraction of sp³-hybridized carbons (Fsp3) is 0.333. The summed E-state index contributed by atoms with van der Waals surface area (Å²) < 4.78 is 1.76. The molecule has 8 heteroatoms. The molecule has 1 unspecified atom stereocenters. The summed E-state index contributed by atoms with van der Waals surface area (Å²) in [6.07, 6.45) is 6.71. The first-order valence-electron chi connectivity index (χ1n) is 9.88. The fourth-order valence-electron chi connectivity index (χ4n) is 3.99. The zero-order chi connectivity index (χ0) is 20.0. The smallest absolute Gasteiger partial charge is 0.326 e. The molecule has 1 aromatic carbocycles. The lowest BCUT2D eigenvalue weighted by Gasteiger charge is -2.32. The van der Waals surface area contributed by atoms with E-state index in [-0.39, 0.29) is 23.5 Å². The minimum Gasteiger partial charge on any atom is -0.340 e. The number of aromatic nitrogens is 3. The van der Waals surface area contributed by atoms with E-state index in [1.165, 1.54) is 0 Å². The molecule has 1 aliphatic heterocycles. The lowest BCUT2D eigenvalue weighted by Crippen LogP contribution is -2.52. The lowest BCUT2D eigenvalue weighted by molar-refractivity contribution is -0.121. The molecule has 1 saturated heterocycles. The van der Waals surface area contributed by atoms with Crippen LogP contribution in [0.5, 0.6) is 0 Å². The predicted octanol–water partition coefficient (Wildman–Crippen LogP) is 1.98. The molecule has 148 valence electrons. The molecule has 0 bridgehead atoms. The van der Waals surface area contributed by atoms with Crippen molar-refractivity contribution in [1.82, 2.24) is 19.9 Å². The summed E-state index contributed by atoms with van der Waals surface area (Å²) in [5, 5.41) is 2.86. The molecule has 2 amide bonds. The standard InChI is InChI=1S/C21H21N5O3/c27-19(13-5-8-18-17(11-13)24-21(29)26(18)14-6-7-14)23-16-4-2-10-25(20(16)28)15-3-1-9-22-12-15/h1,3,5,8-9,11-12,14,16H,2,4,6-7,10H2,(H,23,27)(H,24,29). The predicted molar refractivity (Wildman–Crippen MR) is 108 cm³/mol. The van der Waals surface area contributed by atoms with Crippen LogP contribution in [0.15, 0.2) is 47.5 Å². The first-order chi connectivity index (χ1) is 14.1. The van der Waals surface area contributed by atoms with Gasteiger partial charge in [-0.05, 0) is 56.0 Å². The van der Waals surface area contributed by atoms with Crippen molar-refractivity contribution >= 4 is 28.5 Å². The number of hydrogen-bond acceptors (Lipinski definition) is 4. The van der Waals surface area contributed by atoms with Crippen molar-refractivity contribution < 1.29 is 9.59 Å². The van der Waals surface area contributed by atoms with Gasteiger partial charge in [-0.3, -0.25) is 19.1 Å². The maximum absolute atomic E-state index is 12.9. The van der Waals surface area contributed by atoms with Crippen LogP contribution in [0.25, 0.3) is 11.0 Å². The van der Waals surface area contributed by atoms with Gasteiger partial charge in [0.2, 0.25) is 5.91 Å². The number of carbonyl (C=O) groups excluding carboxylic acids is 2. The zero-order valence-electron chi connectivity index (χ0n) is 15.8. The highest BCUT2D eigenvalue weighted by Crippen LogP contribution is 2.35. The van der Waals surface area contributed by atoms with Gasteiger partial charge in [0.25, 0.3) is 5.91 Å². The van der Waals surface area contributed by atoms with Crippen LogP contribution < -0.4 is 15.9 Å². The number of imidazole rings is 1. The van der Waals surface area contributed by atoms with Crippen molar-refractivity contribution in [3.05, 3.63) is 58.8 Å². The molecule has 2 aromatic heterocycles. The Kier molecular flexibility index (Phi) is 4.19. The van der Waals surface area contributed by atoms with Crippen molar-refractivity contribution in [3.8, 4) is 0 Å². The average molecular weight is 391 g/mol. The third kappa shape index (κ3) is 3.20. The van der Waals surface area contributed by atoms with Crippen LogP contribution in [0.3, 0.4) is 0 Å². The molecule has 2 aliphatic rings. The Bertz CT molecular complexity index is 1150. The molecule has 1 aliphatic carbocycles. The number of nitrogens with zero attached hydrogens (tertiary/aromatic N) is 3. The zero-order valence-corrected chi connectivity index (χ0v) is 15.8. The van der Waals surface area contributed by atoms with Gasteiger partial charge in [0.15, 0.2) is 0 Å². The van der Waals surface area contributed by atoms with Gasteiger partial charge < -0.3 is 15.2 Å². The maximum Gasteiger partial charge on any atom is 0.326 e. The van der Waals surface area contributed by atoms with Gasteiger partial charge in [-0.1, -0.05) is 0 Å². The summed E-state index contributed by atoms with van der Waals surface area (Å²) >= 11 is 0. The van der Waals surface area contributed by atoms with Gasteiger partial charge in [0, 0.05) is 24.3 Å². The van der Waals surface area contributed by atoms with Gasteiger partial charge in [-0.15, -0.1) is 0 Å². The summed E-state index contributed by atoms with van der Waals surface area (Å²) in [7, 11) is 0. The van der Waals surface area contributed by atoms with E-state index in [0.29, 0.717) is 24.0 Å². The SMILES string of the molecule is O=C(NC1CCCN(c2cccnc2)C1=O)c1ccc2c(c1)[nH]c(=O)n2C1CC1. The topological polar surface area (TPSA) is 100 Å². The van der Waals surface area contributed by atoms with E-state index in [9.17, 15) is 14.4 Å². The summed E-state index contributed by atoms with van der Waals surface area (Å²) in [5.74, 6) is -0.453. The number of piperidine rings is 1.